The molecule has 1 unspecified atom stereocenters. The van der Waals surface area contributed by atoms with E-state index >= 15 is 0 Å². The second-order valence-corrected chi connectivity index (χ2v) is 9.45. The molecular formula is C26H26IN3O8. The molecule has 0 saturated carbocycles. The van der Waals surface area contributed by atoms with Crippen molar-refractivity contribution in [3.63, 3.8) is 0 Å². The molecule has 1 atom stereocenters. The van der Waals surface area contributed by atoms with Crippen LogP contribution in [0.3, 0.4) is 0 Å². The first kappa shape index (κ1) is 27.7. The van der Waals surface area contributed by atoms with Crippen LogP contribution in [0.2, 0.25) is 0 Å². The molecule has 2 aromatic carbocycles. The number of carbonyl (C=O) groups is 5. The quantitative estimate of drug-likeness (QED) is 0.147. The van der Waals surface area contributed by atoms with Gasteiger partial charge in [-0.25, -0.2) is 0 Å². The Kier molecular flexibility index (Phi) is 9.42. The molecule has 0 aliphatic carbocycles. The highest BCUT2D eigenvalue weighted by Crippen LogP contribution is 2.32. The molecule has 11 nitrogen and oxygen atoms in total. The van der Waals surface area contributed by atoms with Gasteiger partial charge in [0.1, 0.15) is 18.4 Å². The zero-order valence-electron chi connectivity index (χ0n) is 20.4. The third kappa shape index (κ3) is 6.55. The number of rotatable bonds is 13. The first-order valence-corrected chi connectivity index (χ1v) is 13.1. The van der Waals surface area contributed by atoms with Crippen molar-refractivity contribution < 1.29 is 38.2 Å². The van der Waals surface area contributed by atoms with Gasteiger partial charge in [-0.2, -0.15) is 0 Å². The lowest BCUT2D eigenvalue weighted by Gasteiger charge is -2.27. The van der Waals surface area contributed by atoms with E-state index in [1.165, 1.54) is 0 Å². The van der Waals surface area contributed by atoms with Gasteiger partial charge in [-0.1, -0.05) is 6.07 Å². The second kappa shape index (κ2) is 12.9. The largest absolute Gasteiger partial charge is 0.491 e. The Morgan fingerprint density at radius 1 is 0.947 bits per heavy atom. The van der Waals surface area contributed by atoms with E-state index in [0.29, 0.717) is 56.6 Å². The molecule has 200 valence electrons. The number of amides is 4. The molecule has 2 N–H and O–H groups in total. The molecular weight excluding hydrogens is 609 g/mol. The maximum absolute atomic E-state index is 13.1. The second-order valence-electron chi connectivity index (χ2n) is 8.47. The van der Waals surface area contributed by atoms with Crippen LogP contribution in [0.4, 0.5) is 5.69 Å². The zero-order valence-corrected chi connectivity index (χ0v) is 22.5. The van der Waals surface area contributed by atoms with Crippen LogP contribution < -0.4 is 15.4 Å². The molecule has 0 radical (unpaired) electrons. The monoisotopic (exact) mass is 635 g/mol. The summed E-state index contributed by atoms with van der Waals surface area (Å²) in [4.78, 5) is 61.8. The summed E-state index contributed by atoms with van der Waals surface area (Å²) in [6.45, 7) is 2.20. The Bertz CT molecular complexity index is 1230. The summed E-state index contributed by atoms with van der Waals surface area (Å²) in [6, 6.07) is 10.8. The maximum atomic E-state index is 13.1. The molecule has 12 heteroatoms. The van der Waals surface area contributed by atoms with Crippen LogP contribution in [0, 0.1) is 0 Å². The van der Waals surface area contributed by atoms with E-state index in [1.54, 1.807) is 65.1 Å². The van der Waals surface area contributed by atoms with E-state index in [2.05, 4.69) is 10.6 Å². The number of hydrogen-bond donors (Lipinski definition) is 2. The number of ether oxygens (including phenoxy) is 3. The van der Waals surface area contributed by atoms with Crippen LogP contribution in [0.15, 0.2) is 42.5 Å². The highest BCUT2D eigenvalue weighted by Gasteiger charge is 2.45. The molecule has 0 aromatic heterocycles. The van der Waals surface area contributed by atoms with Crippen LogP contribution in [-0.4, -0.2) is 77.9 Å². The number of piperidine rings is 1. The van der Waals surface area contributed by atoms with Crippen molar-refractivity contribution in [1.29, 1.82) is 0 Å². The Labute approximate surface area is 232 Å². The van der Waals surface area contributed by atoms with Crippen LogP contribution in [0.1, 0.15) is 43.9 Å². The first-order chi connectivity index (χ1) is 18.4. The number of carbonyl (C=O) groups excluding carboxylic acids is 5. The summed E-state index contributed by atoms with van der Waals surface area (Å²) in [5.74, 6) is -1.51. The third-order valence-corrected chi connectivity index (χ3v) is 6.60. The Balaban J connectivity index is 1.15. The Hall–Kier alpha value is -3.36. The number of halogens is 1. The fourth-order valence-corrected chi connectivity index (χ4v) is 4.50. The molecule has 0 bridgehead atoms. The predicted octanol–water partition coefficient (Wildman–Crippen LogP) is 2.19. The SMILES string of the molecule is O=C1CCC(N2C(=O)c3cccc(NCCOCCOCCOc4ccc(C(=O)I)cc4)c3C2=O)C(=O)N1. The average Bonchev–Trinajstić information content (AvgIpc) is 3.15. The van der Waals surface area contributed by atoms with Gasteiger partial charge in [0.2, 0.25) is 15.6 Å². The summed E-state index contributed by atoms with van der Waals surface area (Å²) in [6.07, 6.45) is 0.174. The van der Waals surface area contributed by atoms with Gasteiger partial charge in [0.25, 0.3) is 11.8 Å². The molecule has 0 spiro atoms. The zero-order chi connectivity index (χ0) is 27.1. The van der Waals surface area contributed by atoms with Crippen molar-refractivity contribution in [3.8, 4) is 5.75 Å². The van der Waals surface area contributed by atoms with Gasteiger partial charge in [0.15, 0.2) is 0 Å². The summed E-state index contributed by atoms with van der Waals surface area (Å²) < 4.78 is 16.6. The van der Waals surface area contributed by atoms with Crippen molar-refractivity contribution in [1.82, 2.24) is 10.2 Å². The van der Waals surface area contributed by atoms with E-state index in [0.717, 1.165) is 4.90 Å². The van der Waals surface area contributed by atoms with Crippen LogP contribution in [-0.2, 0) is 19.1 Å². The summed E-state index contributed by atoms with van der Waals surface area (Å²) in [7, 11) is 0. The molecule has 2 aliphatic rings. The summed E-state index contributed by atoms with van der Waals surface area (Å²) >= 11 is 1.73. The summed E-state index contributed by atoms with van der Waals surface area (Å²) in [5, 5.41) is 5.30. The van der Waals surface area contributed by atoms with Gasteiger partial charge in [-0.3, -0.25) is 34.2 Å². The maximum Gasteiger partial charge on any atom is 0.264 e. The fourth-order valence-electron chi connectivity index (χ4n) is 4.14. The fraction of sp³-hybridized carbons (Fsp3) is 0.346. The van der Waals surface area contributed by atoms with E-state index in [-0.39, 0.29) is 27.8 Å². The van der Waals surface area contributed by atoms with Crippen molar-refractivity contribution in [2.45, 2.75) is 18.9 Å². The van der Waals surface area contributed by atoms with Gasteiger partial charge in [0.05, 0.1) is 37.6 Å². The molecule has 1 fully saturated rings. The predicted molar refractivity (Wildman–Crippen MR) is 144 cm³/mol. The molecule has 1 saturated heterocycles. The van der Waals surface area contributed by atoms with E-state index < -0.39 is 29.7 Å². The standard InChI is InChI=1S/C26H26IN3O8/c27-23(32)16-4-6-17(7-5-16)38-15-14-37-13-12-36-11-10-28-19-3-1-2-18-22(19)26(35)30(25(18)34)20-8-9-21(31)29-24(20)33/h1-7,20,28H,8-15H2,(H,29,31,33). The average molecular weight is 635 g/mol. The van der Waals surface area contributed by atoms with E-state index in [4.69, 9.17) is 14.2 Å². The lowest BCUT2D eigenvalue weighted by Crippen LogP contribution is -2.54. The minimum Gasteiger partial charge on any atom is -0.491 e. The van der Waals surface area contributed by atoms with Crippen molar-refractivity contribution in [3.05, 3.63) is 59.2 Å². The van der Waals surface area contributed by atoms with Gasteiger partial charge in [0, 0.05) is 46.8 Å². The number of fused-ring (bicyclic) bond motifs is 1. The number of hydrogen-bond acceptors (Lipinski definition) is 9. The van der Waals surface area contributed by atoms with Crippen LogP contribution >= 0.6 is 22.6 Å². The number of imide groups is 2. The van der Waals surface area contributed by atoms with Crippen LogP contribution in [0.5, 0.6) is 5.75 Å². The minimum absolute atomic E-state index is 0.0274. The number of nitrogens with one attached hydrogen (secondary N) is 2. The number of benzene rings is 2. The minimum atomic E-state index is -1.01. The van der Waals surface area contributed by atoms with Gasteiger partial charge < -0.3 is 19.5 Å². The lowest BCUT2D eigenvalue weighted by atomic mass is 10.0. The number of anilines is 1. The van der Waals surface area contributed by atoms with E-state index in [1.807, 2.05) is 0 Å². The highest BCUT2D eigenvalue weighted by atomic mass is 127. The molecule has 2 heterocycles. The van der Waals surface area contributed by atoms with Crippen molar-refractivity contribution in [2.24, 2.45) is 0 Å². The molecule has 2 aromatic rings. The van der Waals surface area contributed by atoms with Gasteiger partial charge in [-0.15, -0.1) is 0 Å². The van der Waals surface area contributed by atoms with Crippen molar-refractivity contribution >= 4 is 55.7 Å². The van der Waals surface area contributed by atoms with E-state index in [9.17, 15) is 24.0 Å². The topological polar surface area (TPSA) is 140 Å². The Morgan fingerprint density at radius 2 is 1.66 bits per heavy atom. The molecule has 4 rings (SSSR count). The van der Waals surface area contributed by atoms with Crippen LogP contribution in [0.25, 0.3) is 0 Å². The smallest absolute Gasteiger partial charge is 0.264 e. The number of nitrogens with zero attached hydrogens (tertiary/aromatic N) is 1. The van der Waals surface area contributed by atoms with Gasteiger partial charge in [-0.05, 0) is 42.8 Å². The first-order valence-electron chi connectivity index (χ1n) is 12.0. The highest BCUT2D eigenvalue weighted by molar-refractivity contribution is 14.1. The van der Waals surface area contributed by atoms with Gasteiger partial charge >= 0.3 is 0 Å². The summed E-state index contributed by atoms with van der Waals surface area (Å²) in [5.41, 5.74) is 1.52. The lowest BCUT2D eigenvalue weighted by molar-refractivity contribution is -0.136. The molecule has 4 amide bonds. The normalized spacial score (nSPS) is 16.9. The molecule has 2 aliphatic heterocycles. The molecule has 38 heavy (non-hydrogen) atoms. The third-order valence-electron chi connectivity index (χ3n) is 5.98. The van der Waals surface area contributed by atoms with Crippen molar-refractivity contribution in [2.75, 3.05) is 44.9 Å². The Morgan fingerprint density at radius 3 is 2.37 bits per heavy atom.